The van der Waals surface area contributed by atoms with Crippen molar-refractivity contribution in [1.82, 2.24) is 14.1 Å². The molecule has 3 rings (SSSR count). The molecule has 0 radical (unpaired) electrons. The van der Waals surface area contributed by atoms with E-state index < -0.39 is 25.1 Å². The number of piperidine rings is 1. The van der Waals surface area contributed by atoms with E-state index in [9.17, 15) is 16.8 Å². The molecule has 1 aliphatic rings. The van der Waals surface area contributed by atoms with Crippen LogP contribution in [0.25, 0.3) is 0 Å². The lowest BCUT2D eigenvalue weighted by molar-refractivity contribution is 0.345. The van der Waals surface area contributed by atoms with E-state index >= 15 is 0 Å². The predicted octanol–water partition coefficient (Wildman–Crippen LogP) is 1.67. The van der Waals surface area contributed by atoms with Gasteiger partial charge in [-0.25, -0.2) is 16.8 Å². The number of sulfone groups is 1. The Morgan fingerprint density at radius 2 is 1.61 bits per heavy atom. The molecule has 10 heteroatoms. The van der Waals surface area contributed by atoms with Crippen molar-refractivity contribution in [2.75, 3.05) is 20.2 Å². The van der Waals surface area contributed by atoms with Crippen LogP contribution in [0.15, 0.2) is 34.1 Å². The maximum Gasteiger partial charge on any atom is 0.246 e. The number of aryl methyl sites for hydroxylation is 2. The van der Waals surface area contributed by atoms with Gasteiger partial charge >= 0.3 is 0 Å². The van der Waals surface area contributed by atoms with E-state index in [2.05, 4.69) is 5.10 Å². The monoisotopic (exact) mass is 427 g/mol. The van der Waals surface area contributed by atoms with Crippen molar-refractivity contribution in [2.45, 2.75) is 41.7 Å². The summed E-state index contributed by atoms with van der Waals surface area (Å²) in [6, 6.07) is 6.28. The Morgan fingerprint density at radius 3 is 2.07 bits per heavy atom. The van der Waals surface area contributed by atoms with Crippen molar-refractivity contribution < 1.29 is 21.6 Å². The number of aromatic nitrogens is 2. The lowest BCUT2D eigenvalue weighted by Crippen LogP contribution is -2.42. The van der Waals surface area contributed by atoms with Crippen LogP contribution in [-0.2, 0) is 26.9 Å². The van der Waals surface area contributed by atoms with Crippen molar-refractivity contribution in [3.63, 3.8) is 0 Å². The summed E-state index contributed by atoms with van der Waals surface area (Å²) in [7, 11) is -4.01. The van der Waals surface area contributed by atoms with Gasteiger partial charge in [0.15, 0.2) is 9.84 Å². The molecule has 0 amide bonds. The topological polar surface area (TPSA) is 98.6 Å². The highest BCUT2D eigenvalue weighted by atomic mass is 32.2. The second kappa shape index (κ2) is 7.49. The Kier molecular flexibility index (Phi) is 5.57. The number of methoxy groups -OCH3 is 1. The summed E-state index contributed by atoms with van der Waals surface area (Å²) in [4.78, 5) is 0.444. The van der Waals surface area contributed by atoms with Gasteiger partial charge in [-0.2, -0.15) is 9.40 Å². The third-order valence-electron chi connectivity index (χ3n) is 5.27. The Balaban J connectivity index is 1.78. The fraction of sp³-hybridized carbons (Fsp3) is 0.500. The average molecular weight is 428 g/mol. The van der Waals surface area contributed by atoms with Gasteiger partial charge in [-0.05, 0) is 51.0 Å². The molecule has 0 bridgehead atoms. The van der Waals surface area contributed by atoms with E-state index in [0.717, 1.165) is 0 Å². The minimum absolute atomic E-state index is 0.163. The minimum Gasteiger partial charge on any atom is -0.497 e. The van der Waals surface area contributed by atoms with Gasteiger partial charge in [0.05, 0.1) is 28.6 Å². The van der Waals surface area contributed by atoms with Crippen LogP contribution >= 0.6 is 0 Å². The van der Waals surface area contributed by atoms with Crippen LogP contribution in [0.3, 0.4) is 0 Å². The fourth-order valence-electron chi connectivity index (χ4n) is 3.60. The highest BCUT2D eigenvalue weighted by Crippen LogP contribution is 2.30. The SMILES string of the molecule is COc1ccc(S(=O)(=O)C2CCN(S(=O)(=O)c3c(C)nn(C)c3C)CC2)cc1. The summed E-state index contributed by atoms with van der Waals surface area (Å²) in [5.41, 5.74) is 1.03. The minimum atomic E-state index is -3.71. The van der Waals surface area contributed by atoms with Crippen molar-refractivity contribution >= 4 is 19.9 Å². The first kappa shape index (κ1) is 20.8. The second-order valence-corrected chi connectivity index (χ2v) is 11.1. The van der Waals surface area contributed by atoms with Crippen LogP contribution < -0.4 is 4.74 Å². The van der Waals surface area contributed by atoms with E-state index in [-0.39, 0.29) is 35.7 Å². The fourth-order valence-corrected chi connectivity index (χ4v) is 7.20. The molecule has 28 heavy (non-hydrogen) atoms. The third-order valence-corrected chi connectivity index (χ3v) is 9.70. The number of rotatable bonds is 5. The summed E-state index contributed by atoms with van der Waals surface area (Å²) in [5, 5.41) is 3.58. The van der Waals surface area contributed by atoms with Gasteiger partial charge in [-0.1, -0.05) is 0 Å². The van der Waals surface area contributed by atoms with Crippen LogP contribution in [0, 0.1) is 13.8 Å². The van der Waals surface area contributed by atoms with Gasteiger partial charge in [0.25, 0.3) is 0 Å². The van der Waals surface area contributed by atoms with E-state index in [0.29, 0.717) is 17.1 Å². The molecular formula is C18H25N3O5S2. The van der Waals surface area contributed by atoms with Crippen molar-refractivity contribution in [3.8, 4) is 5.75 Å². The summed E-state index contributed by atoms with van der Waals surface area (Å²) in [5.74, 6) is 0.585. The Labute approximate surface area is 166 Å². The van der Waals surface area contributed by atoms with Crippen molar-refractivity contribution in [1.29, 1.82) is 0 Å². The standard InChI is InChI=1S/C18H25N3O5S2/c1-13-18(14(2)20(3)19-13)28(24,25)21-11-9-17(10-12-21)27(22,23)16-7-5-15(26-4)6-8-16/h5-8,17H,9-12H2,1-4H3. The van der Waals surface area contributed by atoms with Crippen LogP contribution in [0.4, 0.5) is 0 Å². The van der Waals surface area contributed by atoms with Gasteiger partial charge in [-0.3, -0.25) is 4.68 Å². The predicted molar refractivity (Wildman–Crippen MR) is 105 cm³/mol. The lowest BCUT2D eigenvalue weighted by atomic mass is 10.2. The number of benzene rings is 1. The molecule has 0 aliphatic carbocycles. The Hall–Kier alpha value is -1.91. The normalized spacial score (nSPS) is 17.0. The molecule has 0 atom stereocenters. The summed E-state index contributed by atoms with van der Waals surface area (Å²) in [6.45, 7) is 3.71. The van der Waals surface area contributed by atoms with Crippen LogP contribution in [0.2, 0.25) is 0 Å². The Bertz CT molecular complexity index is 1070. The van der Waals surface area contributed by atoms with Gasteiger partial charge < -0.3 is 4.74 Å². The number of nitrogens with zero attached hydrogens (tertiary/aromatic N) is 3. The first-order valence-electron chi connectivity index (χ1n) is 8.97. The average Bonchev–Trinajstić information content (AvgIpc) is 2.94. The molecule has 154 valence electrons. The van der Waals surface area contributed by atoms with Gasteiger partial charge in [0.2, 0.25) is 10.0 Å². The molecule has 1 aromatic heterocycles. The van der Waals surface area contributed by atoms with Crippen molar-refractivity contribution in [2.24, 2.45) is 7.05 Å². The molecule has 2 aromatic rings. The maximum atomic E-state index is 13.0. The highest BCUT2D eigenvalue weighted by molar-refractivity contribution is 7.92. The Morgan fingerprint density at radius 1 is 1.04 bits per heavy atom. The molecular weight excluding hydrogens is 402 g/mol. The molecule has 1 aromatic carbocycles. The van der Waals surface area contributed by atoms with Crippen LogP contribution in [-0.4, -0.2) is 56.4 Å². The van der Waals surface area contributed by atoms with Crippen LogP contribution in [0.1, 0.15) is 24.2 Å². The summed E-state index contributed by atoms with van der Waals surface area (Å²) in [6.07, 6.45) is 0.512. The maximum absolute atomic E-state index is 13.0. The second-order valence-electron chi connectivity index (χ2n) is 6.95. The zero-order chi connectivity index (χ0) is 20.7. The van der Waals surface area contributed by atoms with E-state index in [1.165, 1.54) is 23.5 Å². The van der Waals surface area contributed by atoms with Gasteiger partial charge in [0, 0.05) is 20.1 Å². The number of ether oxygens (including phenoxy) is 1. The summed E-state index contributed by atoms with van der Waals surface area (Å²) >= 11 is 0. The van der Waals surface area contributed by atoms with E-state index in [1.54, 1.807) is 37.7 Å². The number of hydrogen-bond donors (Lipinski definition) is 0. The molecule has 2 heterocycles. The summed E-state index contributed by atoms with van der Waals surface area (Å²) < 4.78 is 59.9. The quantitative estimate of drug-likeness (QED) is 0.720. The first-order chi connectivity index (χ1) is 13.1. The molecule has 0 N–H and O–H groups in total. The largest absolute Gasteiger partial charge is 0.497 e. The highest BCUT2D eigenvalue weighted by Gasteiger charge is 2.37. The van der Waals surface area contributed by atoms with E-state index in [1.807, 2.05) is 0 Å². The number of sulfonamides is 1. The van der Waals surface area contributed by atoms with E-state index in [4.69, 9.17) is 4.74 Å². The molecule has 8 nitrogen and oxygen atoms in total. The zero-order valence-electron chi connectivity index (χ0n) is 16.4. The molecule has 0 saturated carbocycles. The van der Waals surface area contributed by atoms with Crippen LogP contribution in [0.5, 0.6) is 5.75 Å². The first-order valence-corrected chi connectivity index (χ1v) is 12.0. The zero-order valence-corrected chi connectivity index (χ0v) is 18.0. The molecule has 1 aliphatic heterocycles. The van der Waals surface area contributed by atoms with Crippen molar-refractivity contribution in [3.05, 3.63) is 35.7 Å². The smallest absolute Gasteiger partial charge is 0.246 e. The molecule has 1 saturated heterocycles. The molecule has 0 unspecified atom stereocenters. The number of hydrogen-bond acceptors (Lipinski definition) is 6. The molecule has 1 fully saturated rings. The third kappa shape index (κ3) is 3.56. The van der Waals surface area contributed by atoms with Gasteiger partial charge in [0.1, 0.15) is 10.6 Å². The molecule has 0 spiro atoms. The lowest BCUT2D eigenvalue weighted by Gasteiger charge is -2.31. The van der Waals surface area contributed by atoms with Gasteiger partial charge in [-0.15, -0.1) is 0 Å².